The summed E-state index contributed by atoms with van der Waals surface area (Å²) in [6, 6.07) is 4.92. The van der Waals surface area contributed by atoms with Crippen LogP contribution in [0.1, 0.15) is 57.6 Å². The number of carbonyl (C=O) groups excluding carboxylic acids is 1. The van der Waals surface area contributed by atoms with Crippen molar-refractivity contribution >= 4 is 12.1 Å². The molecule has 1 saturated heterocycles. The number of nitrogens with one attached hydrogen (secondary N) is 1. The third-order valence-electron chi connectivity index (χ3n) is 5.93. The smallest absolute Gasteiger partial charge is 0.410 e. The molecule has 1 aliphatic carbocycles. The number of nitrogens with zero attached hydrogens (tertiary/aromatic N) is 3. The third-order valence-corrected chi connectivity index (χ3v) is 5.93. The van der Waals surface area contributed by atoms with Gasteiger partial charge in [-0.1, -0.05) is 6.07 Å². The predicted molar refractivity (Wildman–Crippen MR) is 123 cm³/mol. The quantitative estimate of drug-likeness (QED) is 0.515. The highest BCUT2D eigenvalue weighted by molar-refractivity contribution is 5.80. The van der Waals surface area contributed by atoms with Crippen molar-refractivity contribution in [1.29, 1.82) is 0 Å². The van der Waals surface area contributed by atoms with Crippen LogP contribution in [0.25, 0.3) is 0 Å². The molecule has 2 fully saturated rings. The molecule has 1 aliphatic heterocycles. The van der Waals surface area contributed by atoms with Gasteiger partial charge in [-0.2, -0.15) is 0 Å². The molecule has 1 saturated carbocycles. The molecule has 178 valence electrons. The molecule has 2 N–H and O–H groups in total. The van der Waals surface area contributed by atoms with Crippen molar-refractivity contribution in [2.45, 2.75) is 71.2 Å². The Morgan fingerprint density at radius 3 is 2.53 bits per heavy atom. The standard InChI is InChI=1S/C24H37FN4O3/c1-24(2,3)32-23(31)29(15-17-5-6-17)20-9-11-28(12-10-20)22(26-4)27-14-18-7-8-21(25)19(13-18)16-30/h7-8,13,17,20,30H,5-6,9-12,14-16H2,1-4H3,(H,26,27). The minimum absolute atomic E-state index is 0.170. The van der Waals surface area contributed by atoms with Gasteiger partial charge < -0.3 is 25.0 Å². The molecule has 7 nitrogen and oxygen atoms in total. The molecule has 0 radical (unpaired) electrons. The summed E-state index contributed by atoms with van der Waals surface area (Å²) in [5, 5.41) is 12.6. The second-order valence-electron chi connectivity index (χ2n) is 9.78. The molecule has 0 atom stereocenters. The lowest BCUT2D eigenvalue weighted by Gasteiger charge is -2.40. The first-order valence-corrected chi connectivity index (χ1v) is 11.5. The molecule has 0 spiro atoms. The minimum atomic E-state index is -0.498. The molecule has 1 amide bonds. The van der Waals surface area contributed by atoms with Gasteiger partial charge in [0.15, 0.2) is 5.96 Å². The number of rotatable bonds is 6. The largest absolute Gasteiger partial charge is 0.444 e. The van der Waals surface area contributed by atoms with E-state index in [0.29, 0.717) is 12.5 Å². The van der Waals surface area contributed by atoms with E-state index in [-0.39, 0.29) is 24.3 Å². The van der Waals surface area contributed by atoms with E-state index in [1.165, 1.54) is 18.9 Å². The first-order valence-electron chi connectivity index (χ1n) is 11.5. The van der Waals surface area contributed by atoms with Crippen LogP contribution in [-0.2, 0) is 17.9 Å². The van der Waals surface area contributed by atoms with Gasteiger partial charge in [0, 0.05) is 44.8 Å². The Bertz CT molecular complexity index is 812. The van der Waals surface area contributed by atoms with E-state index in [0.717, 1.165) is 44.0 Å². The maximum Gasteiger partial charge on any atom is 0.410 e. The molecule has 0 bridgehead atoms. The van der Waals surface area contributed by atoms with E-state index in [4.69, 9.17) is 4.74 Å². The number of hydrogen-bond donors (Lipinski definition) is 2. The van der Waals surface area contributed by atoms with Crippen molar-refractivity contribution in [2.75, 3.05) is 26.7 Å². The molecule has 3 rings (SSSR count). The van der Waals surface area contributed by atoms with Crippen LogP contribution < -0.4 is 5.32 Å². The van der Waals surface area contributed by atoms with E-state index >= 15 is 0 Å². The predicted octanol–water partition coefficient (Wildman–Crippen LogP) is 3.50. The number of piperidine rings is 1. The highest BCUT2D eigenvalue weighted by atomic mass is 19.1. The molecular formula is C24H37FN4O3. The Labute approximate surface area is 190 Å². The van der Waals surface area contributed by atoms with E-state index in [2.05, 4.69) is 15.2 Å². The Kier molecular flexibility index (Phi) is 7.98. The second kappa shape index (κ2) is 10.5. The van der Waals surface area contributed by atoms with Gasteiger partial charge in [-0.3, -0.25) is 4.99 Å². The maximum absolute atomic E-state index is 13.6. The number of carbonyl (C=O) groups is 1. The van der Waals surface area contributed by atoms with Gasteiger partial charge in [-0.15, -0.1) is 0 Å². The van der Waals surface area contributed by atoms with Crippen LogP contribution in [0, 0.1) is 11.7 Å². The zero-order chi connectivity index (χ0) is 23.3. The third kappa shape index (κ3) is 6.82. The molecule has 0 aromatic heterocycles. The van der Waals surface area contributed by atoms with Gasteiger partial charge in [-0.25, -0.2) is 9.18 Å². The topological polar surface area (TPSA) is 77.4 Å². The van der Waals surface area contributed by atoms with Crippen molar-refractivity contribution in [3.05, 3.63) is 35.1 Å². The number of benzene rings is 1. The van der Waals surface area contributed by atoms with E-state index in [9.17, 15) is 14.3 Å². The lowest BCUT2D eigenvalue weighted by Crippen LogP contribution is -2.52. The highest BCUT2D eigenvalue weighted by Crippen LogP contribution is 2.32. The molecule has 2 aliphatic rings. The molecule has 1 heterocycles. The number of ether oxygens (including phenoxy) is 1. The summed E-state index contributed by atoms with van der Waals surface area (Å²) in [6.45, 7) is 8.25. The van der Waals surface area contributed by atoms with Crippen LogP contribution in [0.3, 0.4) is 0 Å². The number of halogens is 1. The van der Waals surface area contributed by atoms with Crippen LogP contribution in [0.4, 0.5) is 9.18 Å². The molecule has 0 unspecified atom stereocenters. The highest BCUT2D eigenvalue weighted by Gasteiger charge is 2.35. The number of guanidine groups is 1. The number of likely N-dealkylation sites (tertiary alicyclic amines) is 1. The maximum atomic E-state index is 13.6. The number of aliphatic imine (C=N–C) groups is 1. The normalized spacial score (nSPS) is 17.9. The van der Waals surface area contributed by atoms with Crippen LogP contribution in [0.15, 0.2) is 23.2 Å². The SMILES string of the molecule is CN=C(NCc1ccc(F)c(CO)c1)N1CCC(N(CC2CC2)C(=O)OC(C)(C)C)CC1. The zero-order valence-corrected chi connectivity index (χ0v) is 19.7. The van der Waals surface area contributed by atoms with E-state index < -0.39 is 11.4 Å². The van der Waals surface area contributed by atoms with Gasteiger partial charge >= 0.3 is 6.09 Å². The van der Waals surface area contributed by atoms with Crippen LogP contribution in [0.5, 0.6) is 0 Å². The first kappa shape index (κ1) is 24.3. The Morgan fingerprint density at radius 1 is 1.28 bits per heavy atom. The number of aliphatic hydroxyl groups is 1. The van der Waals surface area contributed by atoms with Gasteiger partial charge in [0.1, 0.15) is 11.4 Å². The summed E-state index contributed by atoms with van der Waals surface area (Å²) >= 11 is 0. The average molecular weight is 449 g/mol. The second-order valence-corrected chi connectivity index (χ2v) is 9.78. The van der Waals surface area contributed by atoms with Crippen molar-refractivity contribution in [1.82, 2.24) is 15.1 Å². The molecule has 1 aromatic carbocycles. The van der Waals surface area contributed by atoms with Crippen molar-refractivity contribution < 1.29 is 19.0 Å². The fourth-order valence-corrected chi connectivity index (χ4v) is 4.03. The van der Waals surface area contributed by atoms with Crippen molar-refractivity contribution in [2.24, 2.45) is 10.9 Å². The van der Waals surface area contributed by atoms with E-state index in [1.54, 1.807) is 19.2 Å². The monoisotopic (exact) mass is 448 g/mol. The molecule has 1 aromatic rings. The molecule has 8 heteroatoms. The summed E-state index contributed by atoms with van der Waals surface area (Å²) in [7, 11) is 1.75. The average Bonchev–Trinajstić information content (AvgIpc) is 3.57. The van der Waals surface area contributed by atoms with Gasteiger partial charge in [0.25, 0.3) is 0 Å². The number of amides is 1. The molecule has 32 heavy (non-hydrogen) atoms. The number of aliphatic hydroxyl groups excluding tert-OH is 1. The van der Waals surface area contributed by atoms with Gasteiger partial charge in [-0.05, 0) is 70.1 Å². The Balaban J connectivity index is 1.55. The lowest BCUT2D eigenvalue weighted by atomic mass is 10.0. The fraction of sp³-hybridized carbons (Fsp3) is 0.667. The first-order chi connectivity index (χ1) is 15.2. The summed E-state index contributed by atoms with van der Waals surface area (Å²) in [6.07, 6.45) is 3.89. The van der Waals surface area contributed by atoms with Crippen molar-refractivity contribution in [3.63, 3.8) is 0 Å². The summed E-state index contributed by atoms with van der Waals surface area (Å²) < 4.78 is 19.3. The Morgan fingerprint density at radius 2 is 1.97 bits per heavy atom. The Hall–Kier alpha value is -2.35. The van der Waals surface area contributed by atoms with Crippen LogP contribution in [0.2, 0.25) is 0 Å². The van der Waals surface area contributed by atoms with Gasteiger partial charge in [0.2, 0.25) is 0 Å². The van der Waals surface area contributed by atoms with Crippen LogP contribution >= 0.6 is 0 Å². The fourth-order valence-electron chi connectivity index (χ4n) is 4.03. The van der Waals surface area contributed by atoms with Crippen LogP contribution in [-0.4, -0.2) is 65.3 Å². The summed E-state index contributed by atoms with van der Waals surface area (Å²) in [5.74, 6) is 0.988. The zero-order valence-electron chi connectivity index (χ0n) is 19.7. The minimum Gasteiger partial charge on any atom is -0.444 e. The number of hydrogen-bond acceptors (Lipinski definition) is 4. The lowest BCUT2D eigenvalue weighted by molar-refractivity contribution is 0.00928. The van der Waals surface area contributed by atoms with Crippen molar-refractivity contribution in [3.8, 4) is 0 Å². The summed E-state index contributed by atoms with van der Waals surface area (Å²) in [4.78, 5) is 21.4. The molecular weight excluding hydrogens is 411 g/mol. The summed E-state index contributed by atoms with van der Waals surface area (Å²) in [5.41, 5.74) is 0.673. The van der Waals surface area contributed by atoms with E-state index in [1.807, 2.05) is 25.7 Å². The van der Waals surface area contributed by atoms with Gasteiger partial charge in [0.05, 0.1) is 6.61 Å².